The highest BCUT2D eigenvalue weighted by atomic mass is 32.2. The number of carboxylic acids is 1. The fourth-order valence-corrected chi connectivity index (χ4v) is 3.94. The van der Waals surface area contributed by atoms with E-state index in [1.54, 1.807) is 24.5 Å². The number of sulfonamides is 1. The van der Waals surface area contributed by atoms with Crippen molar-refractivity contribution in [1.82, 2.24) is 4.31 Å². The number of thioether (sulfide) groups is 1. The second kappa shape index (κ2) is 6.40. The standard InChI is InChI=1S/C12H17NO4S2/c1-9(12(14)15)8-13(2)19(16,17)11-7-5-4-6-10(11)18-3/h4-7,9H,8H2,1-3H3,(H,14,15). The second-order valence-electron chi connectivity index (χ2n) is 4.18. The average molecular weight is 303 g/mol. The van der Waals surface area contributed by atoms with E-state index >= 15 is 0 Å². The zero-order valence-electron chi connectivity index (χ0n) is 11.0. The van der Waals surface area contributed by atoms with Gasteiger partial charge in [0.1, 0.15) is 0 Å². The molecule has 0 spiro atoms. The Labute approximate surface area is 117 Å². The smallest absolute Gasteiger partial charge is 0.307 e. The van der Waals surface area contributed by atoms with E-state index in [2.05, 4.69) is 0 Å². The first-order valence-corrected chi connectivity index (χ1v) is 8.29. The second-order valence-corrected chi connectivity index (χ2v) is 7.04. The van der Waals surface area contributed by atoms with Crippen LogP contribution in [-0.2, 0) is 14.8 Å². The van der Waals surface area contributed by atoms with Gasteiger partial charge in [-0.1, -0.05) is 19.1 Å². The van der Waals surface area contributed by atoms with Crippen LogP contribution in [0.3, 0.4) is 0 Å². The highest BCUT2D eigenvalue weighted by Crippen LogP contribution is 2.26. The van der Waals surface area contributed by atoms with E-state index in [9.17, 15) is 13.2 Å². The lowest BCUT2D eigenvalue weighted by Crippen LogP contribution is -2.34. The summed E-state index contributed by atoms with van der Waals surface area (Å²) in [6.07, 6.45) is 1.80. The maximum atomic E-state index is 12.4. The zero-order chi connectivity index (χ0) is 14.6. The number of benzene rings is 1. The summed E-state index contributed by atoms with van der Waals surface area (Å²) in [5, 5.41) is 8.84. The molecule has 0 aromatic heterocycles. The average Bonchev–Trinajstić information content (AvgIpc) is 2.38. The van der Waals surface area contributed by atoms with Gasteiger partial charge in [0.2, 0.25) is 10.0 Å². The number of carboxylic acid groups (broad SMARTS) is 1. The van der Waals surface area contributed by atoms with Crippen LogP contribution in [0.4, 0.5) is 0 Å². The Balaban J connectivity index is 3.06. The van der Waals surface area contributed by atoms with Gasteiger partial charge in [0.15, 0.2) is 0 Å². The van der Waals surface area contributed by atoms with E-state index in [1.165, 1.54) is 31.8 Å². The Hall–Kier alpha value is -1.05. The van der Waals surface area contributed by atoms with Gasteiger partial charge in [-0.15, -0.1) is 11.8 Å². The molecule has 1 aromatic carbocycles. The Morgan fingerprint density at radius 2 is 2.00 bits per heavy atom. The molecule has 0 aliphatic rings. The molecule has 1 aromatic rings. The summed E-state index contributed by atoms with van der Waals surface area (Å²) < 4.78 is 25.9. The molecule has 1 N–H and O–H groups in total. The van der Waals surface area contributed by atoms with E-state index < -0.39 is 21.9 Å². The molecule has 19 heavy (non-hydrogen) atoms. The summed E-state index contributed by atoms with van der Waals surface area (Å²) in [6, 6.07) is 6.68. The molecular weight excluding hydrogens is 286 g/mol. The summed E-state index contributed by atoms with van der Waals surface area (Å²) >= 11 is 1.34. The molecule has 0 aliphatic carbocycles. The highest BCUT2D eigenvalue weighted by molar-refractivity contribution is 7.99. The van der Waals surface area contributed by atoms with Crippen molar-refractivity contribution in [3.05, 3.63) is 24.3 Å². The molecule has 5 nitrogen and oxygen atoms in total. The molecule has 1 rings (SSSR count). The minimum atomic E-state index is -3.66. The van der Waals surface area contributed by atoms with Crippen LogP contribution in [0.5, 0.6) is 0 Å². The third-order valence-corrected chi connectivity index (χ3v) is 5.52. The van der Waals surface area contributed by atoms with Gasteiger partial charge in [-0.3, -0.25) is 4.79 Å². The van der Waals surface area contributed by atoms with Gasteiger partial charge in [0, 0.05) is 18.5 Å². The van der Waals surface area contributed by atoms with E-state index in [1.807, 2.05) is 0 Å². The van der Waals surface area contributed by atoms with Gasteiger partial charge in [-0.25, -0.2) is 12.7 Å². The van der Waals surface area contributed by atoms with Crippen molar-refractivity contribution in [1.29, 1.82) is 0 Å². The zero-order valence-corrected chi connectivity index (χ0v) is 12.7. The van der Waals surface area contributed by atoms with Crippen molar-refractivity contribution >= 4 is 27.8 Å². The maximum absolute atomic E-state index is 12.4. The van der Waals surface area contributed by atoms with Gasteiger partial charge >= 0.3 is 5.97 Å². The molecule has 7 heteroatoms. The molecule has 106 valence electrons. The summed E-state index contributed by atoms with van der Waals surface area (Å²) in [7, 11) is -2.27. The van der Waals surface area contributed by atoms with Crippen molar-refractivity contribution in [2.24, 2.45) is 5.92 Å². The van der Waals surface area contributed by atoms with Crippen LogP contribution in [0, 0.1) is 5.92 Å². The van der Waals surface area contributed by atoms with Crippen LogP contribution in [0.1, 0.15) is 6.92 Å². The predicted octanol–water partition coefficient (Wildman–Crippen LogP) is 1.75. The summed E-state index contributed by atoms with van der Waals surface area (Å²) in [4.78, 5) is 11.7. The Kier molecular flexibility index (Phi) is 5.39. The molecule has 0 aliphatic heterocycles. The third kappa shape index (κ3) is 3.71. The highest BCUT2D eigenvalue weighted by Gasteiger charge is 2.26. The van der Waals surface area contributed by atoms with Crippen molar-refractivity contribution in [3.8, 4) is 0 Å². The fourth-order valence-electron chi connectivity index (χ4n) is 1.56. The molecule has 0 heterocycles. The van der Waals surface area contributed by atoms with Crippen LogP contribution in [0.15, 0.2) is 34.1 Å². The van der Waals surface area contributed by atoms with Crippen LogP contribution in [0.25, 0.3) is 0 Å². The molecule has 0 saturated heterocycles. The van der Waals surface area contributed by atoms with Gasteiger partial charge in [-0.2, -0.15) is 0 Å². The molecule has 0 saturated carbocycles. The van der Waals surface area contributed by atoms with E-state index in [0.717, 1.165) is 4.31 Å². The van der Waals surface area contributed by atoms with Crippen molar-refractivity contribution < 1.29 is 18.3 Å². The molecule has 0 fully saturated rings. The minimum Gasteiger partial charge on any atom is -0.481 e. The lowest BCUT2D eigenvalue weighted by molar-refractivity contribution is -0.141. The van der Waals surface area contributed by atoms with Gasteiger partial charge in [-0.05, 0) is 18.4 Å². The molecule has 1 atom stereocenters. The minimum absolute atomic E-state index is 0.0552. The lowest BCUT2D eigenvalue weighted by Gasteiger charge is -2.20. The van der Waals surface area contributed by atoms with Crippen molar-refractivity contribution in [2.75, 3.05) is 19.8 Å². The maximum Gasteiger partial charge on any atom is 0.307 e. The van der Waals surface area contributed by atoms with Crippen LogP contribution >= 0.6 is 11.8 Å². The van der Waals surface area contributed by atoms with Crippen molar-refractivity contribution in [3.63, 3.8) is 0 Å². The summed E-state index contributed by atoms with van der Waals surface area (Å²) in [6.45, 7) is 1.43. The van der Waals surface area contributed by atoms with E-state index in [4.69, 9.17) is 5.11 Å². The predicted molar refractivity (Wildman–Crippen MR) is 74.8 cm³/mol. The summed E-state index contributed by atoms with van der Waals surface area (Å²) in [5.41, 5.74) is 0. The Morgan fingerprint density at radius 1 is 1.42 bits per heavy atom. The van der Waals surface area contributed by atoms with Gasteiger partial charge < -0.3 is 5.11 Å². The first-order valence-electron chi connectivity index (χ1n) is 5.63. The first kappa shape index (κ1) is 16.0. The monoisotopic (exact) mass is 303 g/mol. The number of hydrogen-bond donors (Lipinski definition) is 1. The molecular formula is C12H17NO4S2. The van der Waals surface area contributed by atoms with Crippen molar-refractivity contribution in [2.45, 2.75) is 16.7 Å². The Bertz CT molecular complexity index is 557. The number of rotatable bonds is 6. The number of carbonyl (C=O) groups is 1. The normalized spacial score (nSPS) is 13.5. The fraction of sp³-hybridized carbons (Fsp3) is 0.417. The number of nitrogens with zero attached hydrogens (tertiary/aromatic N) is 1. The van der Waals surface area contributed by atoms with E-state index in [0.29, 0.717) is 4.90 Å². The third-order valence-electron chi connectivity index (χ3n) is 2.71. The Morgan fingerprint density at radius 3 is 2.53 bits per heavy atom. The van der Waals surface area contributed by atoms with Crippen LogP contribution in [-0.4, -0.2) is 43.6 Å². The van der Waals surface area contributed by atoms with Gasteiger partial charge in [0.05, 0.1) is 10.8 Å². The van der Waals surface area contributed by atoms with E-state index in [-0.39, 0.29) is 11.4 Å². The largest absolute Gasteiger partial charge is 0.481 e. The SMILES string of the molecule is CSc1ccccc1S(=O)(=O)N(C)CC(C)C(=O)O. The first-order chi connectivity index (χ1) is 8.80. The van der Waals surface area contributed by atoms with Crippen LogP contribution in [0.2, 0.25) is 0 Å². The number of aliphatic carboxylic acids is 1. The van der Waals surface area contributed by atoms with Crippen LogP contribution < -0.4 is 0 Å². The lowest BCUT2D eigenvalue weighted by atomic mass is 10.2. The topological polar surface area (TPSA) is 74.7 Å². The number of hydrogen-bond acceptors (Lipinski definition) is 4. The molecule has 1 unspecified atom stereocenters. The van der Waals surface area contributed by atoms with Gasteiger partial charge in [0.25, 0.3) is 0 Å². The molecule has 0 amide bonds. The quantitative estimate of drug-likeness (QED) is 0.810. The summed E-state index contributed by atoms with van der Waals surface area (Å²) in [5.74, 6) is -1.76. The molecule has 0 bridgehead atoms. The molecule has 0 radical (unpaired) electrons.